The molecule has 2 heterocycles. The highest BCUT2D eigenvalue weighted by Gasteiger charge is 2.09. The molecule has 3 aromatic rings. The van der Waals surface area contributed by atoms with Gasteiger partial charge in [-0.2, -0.15) is 0 Å². The van der Waals surface area contributed by atoms with E-state index in [-0.39, 0.29) is 5.91 Å². The molecule has 6 heteroatoms. The first-order valence-corrected chi connectivity index (χ1v) is 7.46. The first-order valence-electron chi connectivity index (χ1n) is 7.46. The maximum atomic E-state index is 12.4. The van der Waals surface area contributed by atoms with Gasteiger partial charge in [0, 0.05) is 30.6 Å². The van der Waals surface area contributed by atoms with Crippen molar-refractivity contribution in [2.24, 2.45) is 0 Å². The summed E-state index contributed by atoms with van der Waals surface area (Å²) in [5.74, 6) is 0.536. The topological polar surface area (TPSA) is 71.0 Å². The number of nitrogens with one attached hydrogen (secondary N) is 1. The second-order valence-corrected chi connectivity index (χ2v) is 5.38. The number of hydrogen-bond acceptors (Lipinski definition) is 5. The number of hydrogen-bond donors (Lipinski definition) is 1. The zero-order valence-electron chi connectivity index (χ0n) is 13.5. The molecule has 3 rings (SSSR count). The van der Waals surface area contributed by atoms with Gasteiger partial charge in [0.1, 0.15) is 12.1 Å². The number of rotatable bonds is 4. The molecule has 0 radical (unpaired) electrons. The van der Waals surface area contributed by atoms with Crippen LogP contribution < -0.4 is 10.2 Å². The predicted octanol–water partition coefficient (Wildman–Crippen LogP) is 3.20. The second-order valence-electron chi connectivity index (χ2n) is 5.38. The SMILES string of the molecule is Cc1cccc(C(=O)Nc2ccnc(N(C)c3cncnc3)c2)c1. The summed E-state index contributed by atoms with van der Waals surface area (Å²) in [6.07, 6.45) is 6.53. The summed E-state index contributed by atoms with van der Waals surface area (Å²) in [4.78, 5) is 26.5. The Morgan fingerprint density at radius 1 is 1.12 bits per heavy atom. The summed E-state index contributed by atoms with van der Waals surface area (Å²) in [6.45, 7) is 1.96. The minimum absolute atomic E-state index is 0.151. The number of amides is 1. The minimum Gasteiger partial charge on any atom is -0.327 e. The molecule has 0 aliphatic carbocycles. The molecule has 1 aromatic carbocycles. The third-order valence-corrected chi connectivity index (χ3v) is 3.56. The fourth-order valence-corrected chi connectivity index (χ4v) is 2.27. The van der Waals surface area contributed by atoms with Crippen molar-refractivity contribution in [3.63, 3.8) is 0 Å². The van der Waals surface area contributed by atoms with Crippen molar-refractivity contribution >= 4 is 23.1 Å². The lowest BCUT2D eigenvalue weighted by Crippen LogP contribution is -2.14. The Morgan fingerprint density at radius 2 is 1.92 bits per heavy atom. The summed E-state index contributed by atoms with van der Waals surface area (Å²) in [6, 6.07) is 11.0. The Balaban J connectivity index is 1.79. The molecule has 0 aliphatic heterocycles. The van der Waals surface area contributed by atoms with E-state index in [4.69, 9.17) is 0 Å². The molecule has 0 saturated carbocycles. The van der Waals surface area contributed by atoms with Gasteiger partial charge in [-0.1, -0.05) is 17.7 Å². The average molecular weight is 319 g/mol. The number of anilines is 3. The van der Waals surface area contributed by atoms with Gasteiger partial charge in [-0.25, -0.2) is 15.0 Å². The van der Waals surface area contributed by atoms with Gasteiger partial charge in [0.25, 0.3) is 5.91 Å². The third-order valence-electron chi connectivity index (χ3n) is 3.56. The molecule has 1 N–H and O–H groups in total. The number of aryl methyl sites for hydroxylation is 1. The zero-order valence-corrected chi connectivity index (χ0v) is 13.5. The van der Waals surface area contributed by atoms with Crippen molar-refractivity contribution in [1.29, 1.82) is 0 Å². The number of carbonyl (C=O) groups excluding carboxylic acids is 1. The fourth-order valence-electron chi connectivity index (χ4n) is 2.27. The molecule has 0 aliphatic rings. The van der Waals surface area contributed by atoms with Crippen molar-refractivity contribution in [2.45, 2.75) is 6.92 Å². The van der Waals surface area contributed by atoms with Crippen LogP contribution in [0.5, 0.6) is 0 Å². The van der Waals surface area contributed by atoms with Crippen LogP contribution >= 0.6 is 0 Å². The highest BCUT2D eigenvalue weighted by molar-refractivity contribution is 6.04. The Labute approximate surface area is 140 Å². The van der Waals surface area contributed by atoms with Crippen LogP contribution in [0, 0.1) is 6.92 Å². The van der Waals surface area contributed by atoms with Gasteiger partial charge in [0.2, 0.25) is 0 Å². The van der Waals surface area contributed by atoms with Gasteiger partial charge in [-0.3, -0.25) is 4.79 Å². The van der Waals surface area contributed by atoms with Crippen molar-refractivity contribution in [2.75, 3.05) is 17.3 Å². The van der Waals surface area contributed by atoms with E-state index in [0.29, 0.717) is 17.1 Å². The van der Waals surface area contributed by atoms with E-state index in [2.05, 4.69) is 20.3 Å². The smallest absolute Gasteiger partial charge is 0.255 e. The van der Waals surface area contributed by atoms with Crippen molar-refractivity contribution in [3.05, 3.63) is 72.4 Å². The molecule has 0 atom stereocenters. The molecule has 0 saturated heterocycles. The van der Waals surface area contributed by atoms with Crippen molar-refractivity contribution in [1.82, 2.24) is 15.0 Å². The average Bonchev–Trinajstić information content (AvgIpc) is 2.62. The number of pyridine rings is 1. The second kappa shape index (κ2) is 6.87. The van der Waals surface area contributed by atoms with E-state index in [1.165, 1.54) is 6.33 Å². The summed E-state index contributed by atoms with van der Waals surface area (Å²) >= 11 is 0. The van der Waals surface area contributed by atoms with Gasteiger partial charge in [0.05, 0.1) is 18.1 Å². The normalized spacial score (nSPS) is 10.2. The highest BCUT2D eigenvalue weighted by Crippen LogP contribution is 2.22. The van der Waals surface area contributed by atoms with Crippen LogP contribution in [0.15, 0.2) is 61.3 Å². The van der Waals surface area contributed by atoms with E-state index >= 15 is 0 Å². The maximum absolute atomic E-state index is 12.4. The van der Waals surface area contributed by atoms with E-state index < -0.39 is 0 Å². The molecule has 6 nitrogen and oxygen atoms in total. The van der Waals surface area contributed by atoms with Gasteiger partial charge >= 0.3 is 0 Å². The monoisotopic (exact) mass is 319 g/mol. The quantitative estimate of drug-likeness (QED) is 0.799. The Kier molecular flexibility index (Phi) is 4.47. The number of nitrogens with zero attached hydrogens (tertiary/aromatic N) is 4. The molecular weight excluding hydrogens is 302 g/mol. The maximum Gasteiger partial charge on any atom is 0.255 e. The highest BCUT2D eigenvalue weighted by atomic mass is 16.1. The minimum atomic E-state index is -0.151. The van der Waals surface area contributed by atoms with E-state index in [0.717, 1.165) is 11.3 Å². The lowest BCUT2D eigenvalue weighted by atomic mass is 10.1. The summed E-state index contributed by atoms with van der Waals surface area (Å²) in [5, 5.41) is 2.90. The summed E-state index contributed by atoms with van der Waals surface area (Å²) in [5.41, 5.74) is 3.16. The lowest BCUT2D eigenvalue weighted by Gasteiger charge is -2.18. The predicted molar refractivity (Wildman–Crippen MR) is 93.5 cm³/mol. The van der Waals surface area contributed by atoms with Crippen LogP contribution in [-0.2, 0) is 0 Å². The third kappa shape index (κ3) is 3.55. The lowest BCUT2D eigenvalue weighted by molar-refractivity contribution is 0.102. The van der Waals surface area contributed by atoms with Crippen LogP contribution in [0.25, 0.3) is 0 Å². The van der Waals surface area contributed by atoms with Crippen LogP contribution in [-0.4, -0.2) is 27.9 Å². The molecular formula is C18H17N5O. The van der Waals surface area contributed by atoms with Crippen LogP contribution in [0.3, 0.4) is 0 Å². The molecule has 0 unspecified atom stereocenters. The van der Waals surface area contributed by atoms with Crippen LogP contribution in [0.1, 0.15) is 15.9 Å². The standard InChI is InChI=1S/C18H17N5O/c1-13-4-3-5-14(8-13)18(24)22-15-6-7-21-17(9-15)23(2)16-10-19-12-20-11-16/h3-12H,1-2H3,(H,21,22,24). The summed E-state index contributed by atoms with van der Waals surface area (Å²) in [7, 11) is 1.87. The van der Waals surface area contributed by atoms with Crippen molar-refractivity contribution < 1.29 is 4.79 Å². The molecule has 0 spiro atoms. The Bertz CT molecular complexity index is 851. The van der Waals surface area contributed by atoms with E-state index in [1.54, 1.807) is 36.8 Å². The number of aromatic nitrogens is 3. The van der Waals surface area contributed by atoms with Gasteiger partial charge < -0.3 is 10.2 Å². The summed E-state index contributed by atoms with van der Waals surface area (Å²) < 4.78 is 0. The van der Waals surface area contributed by atoms with Gasteiger partial charge in [-0.15, -0.1) is 0 Å². The Hall–Kier alpha value is -3.28. The molecule has 0 fully saturated rings. The molecule has 24 heavy (non-hydrogen) atoms. The number of carbonyl (C=O) groups is 1. The molecule has 1 amide bonds. The van der Waals surface area contributed by atoms with Crippen LogP contribution in [0.4, 0.5) is 17.2 Å². The van der Waals surface area contributed by atoms with Gasteiger partial charge in [0.15, 0.2) is 0 Å². The van der Waals surface area contributed by atoms with E-state index in [9.17, 15) is 4.79 Å². The van der Waals surface area contributed by atoms with Crippen molar-refractivity contribution in [3.8, 4) is 0 Å². The fraction of sp³-hybridized carbons (Fsp3) is 0.111. The molecule has 2 aromatic heterocycles. The van der Waals surface area contributed by atoms with E-state index in [1.807, 2.05) is 37.1 Å². The molecule has 0 bridgehead atoms. The largest absolute Gasteiger partial charge is 0.327 e. The first kappa shape index (κ1) is 15.6. The molecule has 120 valence electrons. The first-order chi connectivity index (χ1) is 11.6. The Morgan fingerprint density at radius 3 is 2.67 bits per heavy atom. The zero-order chi connectivity index (χ0) is 16.9. The van der Waals surface area contributed by atoms with Gasteiger partial charge in [-0.05, 0) is 25.1 Å². The van der Waals surface area contributed by atoms with Crippen LogP contribution in [0.2, 0.25) is 0 Å². The number of benzene rings is 1.